The summed E-state index contributed by atoms with van der Waals surface area (Å²) in [6, 6.07) is 0. The van der Waals surface area contributed by atoms with E-state index in [-0.39, 0.29) is 5.97 Å². The molecule has 0 aromatic heterocycles. The molecule has 3 rings (SSSR count). The summed E-state index contributed by atoms with van der Waals surface area (Å²) in [6.45, 7) is 4.03. The van der Waals surface area contributed by atoms with Crippen molar-refractivity contribution < 1.29 is 52.2 Å². The van der Waals surface area contributed by atoms with Crippen LogP contribution in [-0.2, 0) is 9.53 Å². The van der Waals surface area contributed by atoms with Gasteiger partial charge >= 0.3 is 5.97 Å². The minimum atomic E-state index is -0.310. The van der Waals surface area contributed by atoms with Crippen LogP contribution in [0.2, 0.25) is 0 Å². The third-order valence-corrected chi connectivity index (χ3v) is 6.15. The number of hydrogen-bond acceptors (Lipinski definition) is 11. The summed E-state index contributed by atoms with van der Waals surface area (Å²) < 4.78 is 47.6. The van der Waals surface area contributed by atoms with E-state index in [1.807, 2.05) is 6.92 Å². The van der Waals surface area contributed by atoms with Gasteiger partial charge in [-0.15, -0.1) is 0 Å². The second-order valence-electron chi connectivity index (χ2n) is 8.02. The summed E-state index contributed by atoms with van der Waals surface area (Å²) in [6.07, 6.45) is 3.03. The lowest BCUT2D eigenvalue weighted by Gasteiger charge is -2.20. The summed E-state index contributed by atoms with van der Waals surface area (Å²) in [5, 5.41) is 0. The molecule has 0 amide bonds. The monoisotopic (exact) mass is 548 g/mol. The van der Waals surface area contributed by atoms with Crippen molar-refractivity contribution in [3.8, 4) is 46.0 Å². The smallest absolute Gasteiger partial charge is 0.334 e. The number of benzene rings is 2. The molecule has 0 saturated carbocycles. The van der Waals surface area contributed by atoms with Gasteiger partial charge in [0.25, 0.3) is 0 Å². The molecule has 2 aromatic rings. The first-order valence-electron chi connectivity index (χ1n) is 11.8. The third kappa shape index (κ3) is 5.92. The van der Waals surface area contributed by atoms with Crippen LogP contribution >= 0.6 is 0 Å². The van der Waals surface area contributed by atoms with Crippen molar-refractivity contribution in [2.24, 2.45) is 0 Å². The molecule has 11 heteroatoms. The number of aldehydes is 1. The van der Waals surface area contributed by atoms with E-state index in [4.69, 9.17) is 42.6 Å². The Labute approximate surface area is 228 Å². The number of carbonyl (C=O) groups is 2. The number of carbonyl (C=O) groups excluding carboxylic acids is 2. The van der Waals surface area contributed by atoms with Crippen LogP contribution in [0.1, 0.15) is 33.5 Å². The van der Waals surface area contributed by atoms with Gasteiger partial charge in [-0.25, -0.2) is 4.79 Å². The molecular formula is C28H36O11. The molecule has 0 spiro atoms. The SMILES string of the molecule is COc1c(C)c(/C=C2\CCOC2=O)c(OC)c(OC)c1OC.COc1c(C)c(C=O)c(OC)c(OC)c1OC. The maximum Gasteiger partial charge on any atom is 0.334 e. The zero-order chi connectivity index (χ0) is 29.3. The second-order valence-corrected chi connectivity index (χ2v) is 8.02. The molecule has 214 valence electrons. The van der Waals surface area contributed by atoms with Gasteiger partial charge in [0.1, 0.15) is 0 Å². The number of esters is 1. The van der Waals surface area contributed by atoms with Crippen molar-refractivity contribution in [2.45, 2.75) is 20.3 Å². The van der Waals surface area contributed by atoms with Crippen LogP contribution in [0.25, 0.3) is 6.08 Å². The fraction of sp³-hybridized carbons (Fsp3) is 0.429. The Bertz CT molecular complexity index is 1230. The van der Waals surface area contributed by atoms with Gasteiger partial charge < -0.3 is 42.6 Å². The van der Waals surface area contributed by atoms with Gasteiger partial charge in [0, 0.05) is 28.7 Å². The summed E-state index contributed by atoms with van der Waals surface area (Å²) in [5.74, 6) is 3.17. The Morgan fingerprint density at radius 2 is 0.923 bits per heavy atom. The lowest BCUT2D eigenvalue weighted by Crippen LogP contribution is -2.04. The zero-order valence-electron chi connectivity index (χ0n) is 24.1. The largest absolute Gasteiger partial charge is 0.492 e. The lowest BCUT2D eigenvalue weighted by atomic mass is 10.0. The topological polar surface area (TPSA) is 117 Å². The Kier molecular flexibility index (Phi) is 11.1. The summed E-state index contributed by atoms with van der Waals surface area (Å²) in [7, 11) is 12.1. The first-order chi connectivity index (χ1) is 18.7. The van der Waals surface area contributed by atoms with Crippen LogP contribution in [0, 0.1) is 13.8 Å². The van der Waals surface area contributed by atoms with Crippen LogP contribution in [0.5, 0.6) is 46.0 Å². The number of methoxy groups -OCH3 is 8. The van der Waals surface area contributed by atoms with E-state index < -0.39 is 0 Å². The molecule has 39 heavy (non-hydrogen) atoms. The molecule has 1 saturated heterocycles. The third-order valence-electron chi connectivity index (χ3n) is 6.15. The van der Waals surface area contributed by atoms with Gasteiger partial charge in [-0.1, -0.05) is 0 Å². The number of ether oxygens (including phenoxy) is 9. The van der Waals surface area contributed by atoms with Gasteiger partial charge in [-0.05, 0) is 19.9 Å². The number of hydrogen-bond donors (Lipinski definition) is 0. The molecule has 0 bridgehead atoms. The zero-order valence-corrected chi connectivity index (χ0v) is 24.1. The first kappa shape index (κ1) is 30.9. The highest BCUT2D eigenvalue weighted by atomic mass is 16.6. The van der Waals surface area contributed by atoms with Crippen molar-refractivity contribution in [3.63, 3.8) is 0 Å². The van der Waals surface area contributed by atoms with E-state index in [1.54, 1.807) is 20.1 Å². The van der Waals surface area contributed by atoms with Crippen molar-refractivity contribution in [2.75, 3.05) is 63.5 Å². The molecular weight excluding hydrogens is 512 g/mol. The first-order valence-corrected chi connectivity index (χ1v) is 11.8. The Morgan fingerprint density at radius 1 is 0.564 bits per heavy atom. The van der Waals surface area contributed by atoms with Crippen molar-refractivity contribution >= 4 is 18.3 Å². The maximum absolute atomic E-state index is 11.7. The molecule has 1 heterocycles. The van der Waals surface area contributed by atoms with E-state index in [2.05, 4.69) is 0 Å². The second kappa shape index (κ2) is 14.0. The van der Waals surface area contributed by atoms with E-state index >= 15 is 0 Å². The average molecular weight is 549 g/mol. The Hall–Kier alpha value is -4.28. The highest BCUT2D eigenvalue weighted by Gasteiger charge is 2.27. The Balaban J connectivity index is 0.000000283. The fourth-order valence-corrected chi connectivity index (χ4v) is 4.29. The van der Waals surface area contributed by atoms with Crippen molar-refractivity contribution in [3.05, 3.63) is 27.8 Å². The quantitative estimate of drug-likeness (QED) is 0.241. The van der Waals surface area contributed by atoms with Gasteiger partial charge in [0.05, 0.1) is 69.0 Å². The van der Waals surface area contributed by atoms with E-state index in [0.29, 0.717) is 87.6 Å². The summed E-state index contributed by atoms with van der Waals surface area (Å²) in [5.41, 5.74) is 3.14. The molecule has 1 fully saturated rings. The van der Waals surface area contributed by atoms with Crippen LogP contribution in [0.3, 0.4) is 0 Å². The minimum absolute atomic E-state index is 0.310. The van der Waals surface area contributed by atoms with Crippen molar-refractivity contribution in [1.82, 2.24) is 0 Å². The van der Waals surface area contributed by atoms with Crippen LogP contribution in [0.4, 0.5) is 0 Å². The Morgan fingerprint density at radius 3 is 1.26 bits per heavy atom. The van der Waals surface area contributed by atoms with Gasteiger partial charge in [0.2, 0.25) is 23.0 Å². The molecule has 0 radical (unpaired) electrons. The minimum Gasteiger partial charge on any atom is -0.492 e. The van der Waals surface area contributed by atoms with E-state index in [0.717, 1.165) is 5.56 Å². The van der Waals surface area contributed by atoms with Gasteiger partial charge in [-0.2, -0.15) is 0 Å². The molecule has 1 aliphatic heterocycles. The molecule has 0 unspecified atom stereocenters. The van der Waals surface area contributed by atoms with Crippen molar-refractivity contribution in [1.29, 1.82) is 0 Å². The predicted octanol–water partition coefficient (Wildman–Crippen LogP) is 4.20. The van der Waals surface area contributed by atoms with E-state index in [9.17, 15) is 9.59 Å². The number of rotatable bonds is 10. The predicted molar refractivity (Wildman–Crippen MR) is 144 cm³/mol. The molecule has 0 aliphatic carbocycles. The number of cyclic esters (lactones) is 1. The highest BCUT2D eigenvalue weighted by Crippen LogP contribution is 2.50. The molecule has 2 aromatic carbocycles. The van der Waals surface area contributed by atoms with Gasteiger partial charge in [0.15, 0.2) is 29.3 Å². The molecule has 0 atom stereocenters. The molecule has 0 N–H and O–H groups in total. The average Bonchev–Trinajstić information content (AvgIpc) is 3.36. The standard InChI is InChI=1S/C16H20O6.C12H16O5/c1-9-11(8-10-6-7-22-16(10)17)13(19-3)15(21-5)14(20-4)12(9)18-2;1-7-8(6-13)10(15-3)12(17-5)11(16-4)9(7)14-2/h8H,6-7H2,1-5H3;6H,1-5H3/b10-8+;. The lowest BCUT2D eigenvalue weighted by molar-refractivity contribution is -0.134. The molecule has 11 nitrogen and oxygen atoms in total. The highest BCUT2D eigenvalue weighted by molar-refractivity contribution is 5.96. The van der Waals surface area contributed by atoms with Crippen LogP contribution < -0.4 is 37.9 Å². The maximum atomic E-state index is 11.7. The van der Waals surface area contributed by atoms with Crippen LogP contribution in [-0.4, -0.2) is 75.7 Å². The molecule has 1 aliphatic rings. The van der Waals surface area contributed by atoms with Crippen LogP contribution in [0.15, 0.2) is 5.57 Å². The normalized spacial score (nSPS) is 13.1. The summed E-state index contributed by atoms with van der Waals surface area (Å²) >= 11 is 0. The van der Waals surface area contributed by atoms with E-state index in [1.165, 1.54) is 49.8 Å². The van der Waals surface area contributed by atoms with Gasteiger partial charge in [-0.3, -0.25) is 4.79 Å². The summed E-state index contributed by atoms with van der Waals surface area (Å²) in [4.78, 5) is 22.8. The fourth-order valence-electron chi connectivity index (χ4n) is 4.29.